The summed E-state index contributed by atoms with van der Waals surface area (Å²) in [4.78, 5) is 21.9. The van der Waals surface area contributed by atoms with Crippen molar-refractivity contribution in [3.05, 3.63) is 83.7 Å². The van der Waals surface area contributed by atoms with E-state index in [1.54, 1.807) is 0 Å². The number of nitrogens with zero attached hydrogens (tertiary/aromatic N) is 3. The summed E-state index contributed by atoms with van der Waals surface area (Å²) in [6.45, 7) is 9.46. The van der Waals surface area contributed by atoms with E-state index in [4.69, 9.17) is 4.74 Å². The summed E-state index contributed by atoms with van der Waals surface area (Å²) in [6, 6.07) is 17.8. The van der Waals surface area contributed by atoms with Gasteiger partial charge in [-0.15, -0.1) is 0 Å². The van der Waals surface area contributed by atoms with Gasteiger partial charge < -0.3 is 15.0 Å². The molecule has 1 aliphatic rings. The van der Waals surface area contributed by atoms with Crippen LogP contribution in [0.3, 0.4) is 0 Å². The molecule has 1 N–H and O–H groups in total. The van der Waals surface area contributed by atoms with Crippen LogP contribution in [0.5, 0.6) is 5.75 Å². The maximum Gasteiger partial charge on any atom is 0.255 e. The van der Waals surface area contributed by atoms with Crippen molar-refractivity contribution in [2.24, 2.45) is 0 Å². The summed E-state index contributed by atoms with van der Waals surface area (Å²) in [5, 5.41) is 3.12. The van der Waals surface area contributed by atoms with Crippen molar-refractivity contribution in [3.63, 3.8) is 0 Å². The number of anilines is 2. The Bertz CT molecular complexity index is 1060. The van der Waals surface area contributed by atoms with Crippen molar-refractivity contribution in [2.45, 2.75) is 20.3 Å². The Hall–Kier alpha value is -3.38. The SMILES string of the molecule is CCOc1ccc(C(=O)Nc2ccccc2N2CCN(CCc3ccncc3)CC2)cc1C. The predicted octanol–water partition coefficient (Wildman–Crippen LogP) is 4.41. The van der Waals surface area contributed by atoms with Crippen LogP contribution in [0, 0.1) is 6.92 Å². The molecule has 0 atom stereocenters. The Morgan fingerprint density at radius 1 is 1.03 bits per heavy atom. The number of carbonyl (C=O) groups excluding carboxylic acids is 1. The molecular weight excluding hydrogens is 412 g/mol. The number of amides is 1. The highest BCUT2D eigenvalue weighted by molar-refractivity contribution is 6.06. The van der Waals surface area contributed by atoms with Crippen molar-refractivity contribution in [1.82, 2.24) is 9.88 Å². The van der Waals surface area contributed by atoms with Crippen LogP contribution in [-0.4, -0.2) is 55.1 Å². The molecule has 2 aromatic carbocycles. The molecule has 4 rings (SSSR count). The first-order valence-electron chi connectivity index (χ1n) is 11.6. The highest BCUT2D eigenvalue weighted by Crippen LogP contribution is 2.28. The first kappa shape index (κ1) is 22.8. The second kappa shape index (κ2) is 11.0. The monoisotopic (exact) mass is 444 g/mol. The van der Waals surface area contributed by atoms with Gasteiger partial charge in [-0.2, -0.15) is 0 Å². The molecule has 6 nitrogen and oxygen atoms in total. The molecule has 1 aliphatic heterocycles. The zero-order valence-corrected chi connectivity index (χ0v) is 19.5. The van der Waals surface area contributed by atoms with Gasteiger partial charge in [0, 0.05) is 50.7 Å². The van der Waals surface area contributed by atoms with Crippen molar-refractivity contribution in [1.29, 1.82) is 0 Å². The maximum absolute atomic E-state index is 13.0. The first-order chi connectivity index (χ1) is 16.1. The number of rotatable bonds is 8. The standard InChI is InChI=1S/C27H32N4O2/c1-3-33-26-9-8-23(20-21(26)2)27(32)29-24-6-4-5-7-25(24)31-18-16-30(17-19-31)15-12-22-10-13-28-14-11-22/h4-11,13-14,20H,3,12,15-19H2,1-2H3,(H,29,32). The van der Waals surface area contributed by atoms with Crippen LogP contribution in [-0.2, 0) is 6.42 Å². The third-order valence-electron chi connectivity index (χ3n) is 6.07. The van der Waals surface area contributed by atoms with Gasteiger partial charge >= 0.3 is 0 Å². The highest BCUT2D eigenvalue weighted by atomic mass is 16.5. The third-order valence-corrected chi connectivity index (χ3v) is 6.07. The highest BCUT2D eigenvalue weighted by Gasteiger charge is 2.20. The van der Waals surface area contributed by atoms with E-state index >= 15 is 0 Å². The lowest BCUT2D eigenvalue weighted by Gasteiger charge is -2.37. The van der Waals surface area contributed by atoms with Gasteiger partial charge in [0.15, 0.2) is 0 Å². The summed E-state index contributed by atoms with van der Waals surface area (Å²) < 4.78 is 5.59. The molecule has 6 heteroatoms. The summed E-state index contributed by atoms with van der Waals surface area (Å²) in [5.74, 6) is 0.709. The molecule has 0 unspecified atom stereocenters. The third kappa shape index (κ3) is 5.90. The smallest absolute Gasteiger partial charge is 0.255 e. The minimum atomic E-state index is -0.107. The molecular formula is C27H32N4O2. The van der Waals surface area contributed by atoms with Crippen LogP contribution in [0.1, 0.15) is 28.4 Å². The Morgan fingerprint density at radius 2 is 1.79 bits per heavy atom. The normalized spacial score (nSPS) is 14.2. The first-order valence-corrected chi connectivity index (χ1v) is 11.6. The molecule has 1 amide bonds. The van der Waals surface area contributed by atoms with Gasteiger partial charge in [-0.3, -0.25) is 14.7 Å². The number of piperazine rings is 1. The molecule has 33 heavy (non-hydrogen) atoms. The van der Waals surface area contributed by atoms with Crippen LogP contribution >= 0.6 is 0 Å². The minimum Gasteiger partial charge on any atom is -0.494 e. The van der Waals surface area contributed by atoms with Gasteiger partial charge in [-0.05, 0) is 73.9 Å². The van der Waals surface area contributed by atoms with Crippen molar-refractivity contribution < 1.29 is 9.53 Å². The average Bonchev–Trinajstić information content (AvgIpc) is 2.85. The van der Waals surface area contributed by atoms with Crippen LogP contribution in [0.15, 0.2) is 67.0 Å². The van der Waals surface area contributed by atoms with Gasteiger partial charge in [-0.1, -0.05) is 12.1 Å². The lowest BCUT2D eigenvalue weighted by atomic mass is 10.1. The van der Waals surface area contributed by atoms with Crippen LogP contribution in [0.4, 0.5) is 11.4 Å². The largest absolute Gasteiger partial charge is 0.494 e. The van der Waals surface area contributed by atoms with E-state index in [1.165, 1.54) is 5.56 Å². The lowest BCUT2D eigenvalue weighted by Crippen LogP contribution is -2.47. The molecule has 3 aromatic rings. The van der Waals surface area contributed by atoms with E-state index in [1.807, 2.05) is 62.6 Å². The van der Waals surface area contributed by atoms with Crippen LogP contribution in [0.2, 0.25) is 0 Å². The zero-order valence-electron chi connectivity index (χ0n) is 19.5. The molecule has 2 heterocycles. The Balaban J connectivity index is 1.37. The maximum atomic E-state index is 13.0. The van der Waals surface area contributed by atoms with E-state index in [0.717, 1.165) is 61.8 Å². The summed E-state index contributed by atoms with van der Waals surface area (Å²) in [6.07, 6.45) is 4.75. The average molecular weight is 445 g/mol. The van der Waals surface area contributed by atoms with E-state index < -0.39 is 0 Å². The van der Waals surface area contributed by atoms with Crippen molar-refractivity contribution in [2.75, 3.05) is 49.5 Å². The molecule has 1 fully saturated rings. The van der Waals surface area contributed by atoms with Gasteiger partial charge in [0.25, 0.3) is 5.91 Å². The number of aromatic nitrogens is 1. The lowest BCUT2D eigenvalue weighted by molar-refractivity contribution is 0.102. The molecule has 0 aliphatic carbocycles. The molecule has 1 saturated heterocycles. The van der Waals surface area contributed by atoms with Crippen LogP contribution in [0.25, 0.3) is 0 Å². The van der Waals surface area contributed by atoms with Crippen molar-refractivity contribution in [3.8, 4) is 5.75 Å². The fraction of sp³-hybridized carbons (Fsp3) is 0.333. The number of aryl methyl sites for hydroxylation is 1. The topological polar surface area (TPSA) is 57.7 Å². The second-order valence-corrected chi connectivity index (χ2v) is 8.32. The number of hydrogen-bond donors (Lipinski definition) is 1. The summed E-state index contributed by atoms with van der Waals surface area (Å²) in [7, 11) is 0. The molecule has 172 valence electrons. The predicted molar refractivity (Wildman–Crippen MR) is 133 cm³/mol. The summed E-state index contributed by atoms with van der Waals surface area (Å²) >= 11 is 0. The number of benzene rings is 2. The molecule has 0 bridgehead atoms. The number of nitrogens with one attached hydrogen (secondary N) is 1. The minimum absolute atomic E-state index is 0.107. The second-order valence-electron chi connectivity index (χ2n) is 8.32. The van der Waals surface area contributed by atoms with Gasteiger partial charge in [0.2, 0.25) is 0 Å². The van der Waals surface area contributed by atoms with E-state index in [0.29, 0.717) is 12.2 Å². The molecule has 0 spiro atoms. The molecule has 0 radical (unpaired) electrons. The number of ether oxygens (including phenoxy) is 1. The quantitative estimate of drug-likeness (QED) is 0.558. The van der Waals surface area contributed by atoms with E-state index in [2.05, 4.69) is 38.3 Å². The number of para-hydroxylation sites is 2. The van der Waals surface area contributed by atoms with Crippen molar-refractivity contribution >= 4 is 17.3 Å². The Labute approximate surface area is 196 Å². The van der Waals surface area contributed by atoms with E-state index in [9.17, 15) is 4.79 Å². The number of carbonyl (C=O) groups is 1. The fourth-order valence-electron chi connectivity index (χ4n) is 4.21. The van der Waals surface area contributed by atoms with Gasteiger partial charge in [-0.25, -0.2) is 0 Å². The van der Waals surface area contributed by atoms with Crippen LogP contribution < -0.4 is 15.0 Å². The summed E-state index contributed by atoms with van der Waals surface area (Å²) in [5.41, 5.74) is 4.83. The molecule has 1 aromatic heterocycles. The number of hydrogen-bond acceptors (Lipinski definition) is 5. The Morgan fingerprint density at radius 3 is 2.52 bits per heavy atom. The van der Waals surface area contributed by atoms with Gasteiger partial charge in [0.1, 0.15) is 5.75 Å². The zero-order chi connectivity index (χ0) is 23.0. The number of pyridine rings is 1. The van der Waals surface area contributed by atoms with Gasteiger partial charge in [0.05, 0.1) is 18.0 Å². The van der Waals surface area contributed by atoms with E-state index in [-0.39, 0.29) is 5.91 Å². The fourth-order valence-corrected chi connectivity index (χ4v) is 4.21. The Kier molecular flexibility index (Phi) is 7.58. The molecule has 0 saturated carbocycles.